The van der Waals surface area contributed by atoms with E-state index in [1.54, 1.807) is 0 Å². The maximum atomic E-state index is 11.1. The van der Waals surface area contributed by atoms with E-state index in [-0.39, 0.29) is 31.5 Å². The van der Waals surface area contributed by atoms with Crippen molar-refractivity contribution < 1.29 is 34.6 Å². The summed E-state index contributed by atoms with van der Waals surface area (Å²) in [6, 6.07) is 0. The van der Waals surface area contributed by atoms with Gasteiger partial charge in [0, 0.05) is 38.0 Å². The Bertz CT molecular complexity index is 1160. The average Bonchev–Trinajstić information content (AvgIpc) is 3.31. The van der Waals surface area contributed by atoms with Gasteiger partial charge < -0.3 is 55.9 Å². The van der Waals surface area contributed by atoms with E-state index < -0.39 is 49.0 Å². The first-order chi connectivity index (χ1) is 32.1. The molecule has 2 aliphatic rings. The van der Waals surface area contributed by atoms with Crippen LogP contribution in [0.25, 0.3) is 0 Å². The number of rotatable bonds is 41. The van der Waals surface area contributed by atoms with E-state index in [0.29, 0.717) is 10.2 Å². The number of hydrogen-bond donors (Lipinski definition) is 8. The lowest BCUT2D eigenvalue weighted by molar-refractivity contribution is -0.358. The molecule has 13 heteroatoms. The average molecular weight is 974 g/mol. The number of unbranched alkanes of at least 4 members (excludes halogenated alkanes) is 30. The fourth-order valence-corrected chi connectivity index (χ4v) is 9.89. The van der Waals surface area contributed by atoms with E-state index in [4.69, 9.17) is 38.6 Å². The molecule has 0 radical (unpaired) electrons. The third-order valence-corrected chi connectivity index (χ3v) is 15.0. The van der Waals surface area contributed by atoms with Gasteiger partial charge in [-0.1, -0.05) is 220 Å². The molecule has 2 aliphatic heterocycles. The molecule has 0 aromatic heterocycles. The molecule has 0 aromatic carbocycles. The maximum absolute atomic E-state index is 11.1. The zero-order valence-corrected chi connectivity index (χ0v) is 44.4. The van der Waals surface area contributed by atoms with Crippen LogP contribution in [-0.2, 0) is 14.2 Å². The molecule has 2 fully saturated rings. The van der Waals surface area contributed by atoms with Crippen LogP contribution in [0.4, 0.5) is 0 Å². The minimum absolute atomic E-state index is 0.187. The third-order valence-electron chi connectivity index (χ3n) is 14.4. The van der Waals surface area contributed by atoms with Gasteiger partial charge in [0.1, 0.15) is 12.2 Å². The highest BCUT2D eigenvalue weighted by Gasteiger charge is 2.48. The van der Waals surface area contributed by atoms with Crippen molar-refractivity contribution in [1.29, 1.82) is 0 Å². The van der Waals surface area contributed by atoms with Crippen LogP contribution in [0.2, 0.25) is 0 Å². The van der Waals surface area contributed by atoms with Crippen LogP contribution in [0.5, 0.6) is 0 Å². The Morgan fingerprint density at radius 2 is 0.758 bits per heavy atom. The number of aliphatic hydroxyl groups excluding tert-OH is 4. The maximum Gasteiger partial charge on any atom is 0.189 e. The SMILES string of the molecule is CCCCCCCCCCCCCCCCCCNC(=S)NCC1O[C@H](O[C@H]2OC(CNC(=S)NCCCCCCCCCCCCCCCCCC)[C@@H](CO)C(O)C2O)C(C)C(C)[C@@H]1O. The second-order valence-corrected chi connectivity index (χ2v) is 21.0. The Morgan fingerprint density at radius 3 is 1.12 bits per heavy atom. The van der Waals surface area contributed by atoms with Crippen LogP contribution < -0.4 is 21.3 Å². The zero-order valence-electron chi connectivity index (χ0n) is 42.8. The summed E-state index contributed by atoms with van der Waals surface area (Å²) in [5.41, 5.74) is 0. The fraction of sp³-hybridized carbons (Fsp3) is 0.962. The fourth-order valence-electron chi connectivity index (χ4n) is 9.52. The van der Waals surface area contributed by atoms with Crippen LogP contribution in [0.15, 0.2) is 0 Å². The molecule has 0 bridgehead atoms. The van der Waals surface area contributed by atoms with E-state index in [1.165, 1.54) is 186 Å². The summed E-state index contributed by atoms with van der Waals surface area (Å²) >= 11 is 11.1. The molecule has 10 atom stereocenters. The third kappa shape index (κ3) is 28.1. The van der Waals surface area contributed by atoms with Gasteiger partial charge in [-0.15, -0.1) is 0 Å². The van der Waals surface area contributed by atoms with Gasteiger partial charge in [0.2, 0.25) is 0 Å². The van der Waals surface area contributed by atoms with Crippen molar-refractivity contribution in [2.45, 2.75) is 276 Å². The van der Waals surface area contributed by atoms with Gasteiger partial charge in [0.25, 0.3) is 0 Å². The largest absolute Gasteiger partial charge is 0.396 e. The van der Waals surface area contributed by atoms with Crippen molar-refractivity contribution >= 4 is 34.7 Å². The standard InChI is InChI=1S/C53H104N4O7S2/c1-5-7-9-11-13-15-17-19-21-23-25-27-29-31-33-35-37-54-52(65)56-39-45-44(41-58)48(60)49(61)51(62-45)64-50-43(4)42(3)47(59)46(63-50)40-57-53(66)55-38-36-34-32-30-28-26-24-22-20-18-16-14-12-10-8-6-2/h42-51,58-61H,5-41H2,1-4H3,(H2,54,56,65)(H2,55,57,66)/t42?,43?,44-,45?,46?,47+,48?,49?,50-,51-/m1/s1. The molecular formula is C53H104N4O7S2. The van der Waals surface area contributed by atoms with Crippen molar-refractivity contribution in [1.82, 2.24) is 21.3 Å². The molecule has 66 heavy (non-hydrogen) atoms. The Morgan fingerprint density at radius 1 is 0.424 bits per heavy atom. The molecule has 390 valence electrons. The predicted octanol–water partition coefficient (Wildman–Crippen LogP) is 10.9. The number of aliphatic hydroxyl groups is 4. The van der Waals surface area contributed by atoms with Gasteiger partial charge >= 0.3 is 0 Å². The summed E-state index contributed by atoms with van der Waals surface area (Å²) in [5.74, 6) is -1.17. The summed E-state index contributed by atoms with van der Waals surface area (Å²) in [6.07, 6.45) is 35.9. The molecule has 2 saturated heterocycles. The van der Waals surface area contributed by atoms with E-state index >= 15 is 0 Å². The van der Waals surface area contributed by atoms with Crippen molar-refractivity contribution in [2.75, 3.05) is 32.8 Å². The van der Waals surface area contributed by atoms with Gasteiger partial charge in [-0.2, -0.15) is 0 Å². The summed E-state index contributed by atoms with van der Waals surface area (Å²) in [6.45, 7) is 10.1. The summed E-state index contributed by atoms with van der Waals surface area (Å²) < 4.78 is 18.7. The van der Waals surface area contributed by atoms with Gasteiger partial charge in [-0.25, -0.2) is 0 Å². The normalized spacial score (nSPS) is 25.5. The van der Waals surface area contributed by atoms with E-state index in [2.05, 4.69) is 35.1 Å². The van der Waals surface area contributed by atoms with Crippen LogP contribution in [0, 0.1) is 17.8 Å². The molecular weight excluding hydrogens is 869 g/mol. The molecule has 0 aromatic rings. The first-order valence-corrected chi connectivity index (χ1v) is 28.6. The molecule has 0 aliphatic carbocycles. The molecule has 6 unspecified atom stereocenters. The molecule has 0 spiro atoms. The zero-order chi connectivity index (χ0) is 48.0. The number of ether oxygens (including phenoxy) is 3. The van der Waals surface area contributed by atoms with Crippen molar-refractivity contribution in [2.24, 2.45) is 17.8 Å². The Balaban J connectivity index is 1.60. The van der Waals surface area contributed by atoms with Crippen LogP contribution >= 0.6 is 24.4 Å². The Kier molecular flexibility index (Phi) is 37.8. The van der Waals surface area contributed by atoms with E-state index in [9.17, 15) is 20.4 Å². The Hall–Kier alpha value is -0.900. The smallest absolute Gasteiger partial charge is 0.189 e. The number of thiocarbonyl (C=S) groups is 2. The monoisotopic (exact) mass is 973 g/mol. The molecule has 2 rings (SSSR count). The minimum Gasteiger partial charge on any atom is -0.396 e. The molecule has 11 nitrogen and oxygen atoms in total. The van der Waals surface area contributed by atoms with Gasteiger partial charge in [-0.3, -0.25) is 0 Å². The summed E-state index contributed by atoms with van der Waals surface area (Å²) in [5, 5.41) is 57.4. The highest BCUT2D eigenvalue weighted by Crippen LogP contribution is 2.35. The summed E-state index contributed by atoms with van der Waals surface area (Å²) in [4.78, 5) is 0. The van der Waals surface area contributed by atoms with Crippen molar-refractivity contribution in [3.63, 3.8) is 0 Å². The lowest BCUT2D eigenvalue weighted by atomic mass is 9.84. The first-order valence-electron chi connectivity index (χ1n) is 27.8. The van der Waals surface area contributed by atoms with Gasteiger partial charge in [0.05, 0.1) is 24.9 Å². The van der Waals surface area contributed by atoms with Crippen molar-refractivity contribution in [3.8, 4) is 0 Å². The lowest BCUT2D eigenvalue weighted by Gasteiger charge is -2.47. The minimum atomic E-state index is -1.41. The highest BCUT2D eigenvalue weighted by molar-refractivity contribution is 7.80. The predicted molar refractivity (Wildman–Crippen MR) is 282 cm³/mol. The highest BCUT2D eigenvalue weighted by atomic mass is 32.1. The van der Waals surface area contributed by atoms with E-state index in [1.807, 2.05) is 13.8 Å². The second kappa shape index (κ2) is 40.8. The van der Waals surface area contributed by atoms with Crippen molar-refractivity contribution in [3.05, 3.63) is 0 Å². The Labute approximate surface area is 415 Å². The lowest BCUT2D eigenvalue weighted by Crippen LogP contribution is -2.61. The van der Waals surface area contributed by atoms with Gasteiger partial charge in [-0.05, 0) is 43.2 Å². The molecule has 2 heterocycles. The number of nitrogens with one attached hydrogen (secondary N) is 4. The quantitative estimate of drug-likeness (QED) is 0.0217. The first kappa shape index (κ1) is 61.2. The second-order valence-electron chi connectivity index (χ2n) is 20.1. The summed E-state index contributed by atoms with van der Waals surface area (Å²) in [7, 11) is 0. The topological polar surface area (TPSA) is 157 Å². The number of hydrogen-bond acceptors (Lipinski definition) is 9. The van der Waals surface area contributed by atoms with Gasteiger partial charge in [0.15, 0.2) is 22.8 Å². The van der Waals surface area contributed by atoms with E-state index in [0.717, 1.165) is 32.4 Å². The van der Waals surface area contributed by atoms with Crippen LogP contribution in [-0.4, -0.2) is 107 Å². The molecule has 8 N–H and O–H groups in total. The molecule has 0 saturated carbocycles. The van der Waals surface area contributed by atoms with Crippen LogP contribution in [0.3, 0.4) is 0 Å². The van der Waals surface area contributed by atoms with Crippen LogP contribution in [0.1, 0.15) is 233 Å². The molecule has 0 amide bonds.